The lowest BCUT2D eigenvalue weighted by atomic mass is 10.1. The Morgan fingerprint density at radius 1 is 0.964 bits per heavy atom. The topological polar surface area (TPSA) is 131 Å². The quantitative estimate of drug-likeness (QED) is 0.543. The van der Waals surface area contributed by atoms with Crippen LogP contribution in [-0.2, 0) is 14.6 Å². The van der Waals surface area contributed by atoms with Crippen molar-refractivity contribution >= 4 is 34.7 Å². The minimum atomic E-state index is -4.40. The van der Waals surface area contributed by atoms with E-state index in [4.69, 9.17) is 24.0 Å². The van der Waals surface area contributed by atoms with Crippen LogP contribution >= 0.6 is 7.60 Å². The van der Waals surface area contributed by atoms with Crippen LogP contribution in [0, 0.1) is 0 Å². The van der Waals surface area contributed by atoms with Crippen LogP contribution in [0.25, 0.3) is 6.08 Å². The van der Waals surface area contributed by atoms with Crippen LogP contribution in [0.1, 0.15) is 5.56 Å². The first kappa shape index (κ1) is 21.8. The van der Waals surface area contributed by atoms with Crippen molar-refractivity contribution in [3.8, 4) is 17.2 Å². The van der Waals surface area contributed by atoms with Gasteiger partial charge in [-0.15, -0.1) is 0 Å². The Hall–Kier alpha value is -2.52. The molecule has 0 heterocycles. The molecule has 11 heteroatoms. The van der Waals surface area contributed by atoms with Crippen molar-refractivity contribution in [3.05, 3.63) is 47.4 Å². The minimum absolute atomic E-state index is 0.149. The number of hydrogen-bond acceptors (Lipinski definition) is 6. The van der Waals surface area contributed by atoms with Gasteiger partial charge in [-0.2, -0.15) is 0 Å². The lowest BCUT2D eigenvalue weighted by Crippen LogP contribution is -2.10. The third kappa shape index (κ3) is 5.49. The summed E-state index contributed by atoms with van der Waals surface area (Å²) >= 11 is 0. The van der Waals surface area contributed by atoms with Gasteiger partial charge >= 0.3 is 7.60 Å². The molecule has 0 amide bonds. The van der Waals surface area contributed by atoms with Gasteiger partial charge in [0, 0.05) is 17.8 Å². The van der Waals surface area contributed by atoms with E-state index in [-0.39, 0.29) is 11.0 Å². The molecule has 2 aromatic rings. The van der Waals surface area contributed by atoms with Crippen LogP contribution in [0.5, 0.6) is 17.2 Å². The van der Waals surface area contributed by atoms with Gasteiger partial charge in [0.05, 0.1) is 37.6 Å². The summed E-state index contributed by atoms with van der Waals surface area (Å²) in [5, 5.41) is 0.718. The molecule has 9 nitrogen and oxygen atoms in total. The van der Waals surface area contributed by atoms with Gasteiger partial charge in [0.25, 0.3) is 10.0 Å². The second-order valence-corrected chi connectivity index (χ2v) is 8.66. The summed E-state index contributed by atoms with van der Waals surface area (Å²) in [6.45, 7) is 0. The van der Waals surface area contributed by atoms with E-state index >= 15 is 0 Å². The van der Waals surface area contributed by atoms with Gasteiger partial charge in [-0.25, -0.2) is 8.42 Å². The predicted octanol–water partition coefficient (Wildman–Crippen LogP) is 1.93. The third-order valence-electron chi connectivity index (χ3n) is 3.63. The fourth-order valence-electron chi connectivity index (χ4n) is 2.28. The number of methoxy groups -OCH3 is 3. The third-order valence-corrected chi connectivity index (χ3v) is 5.62. The van der Waals surface area contributed by atoms with Crippen molar-refractivity contribution in [2.75, 3.05) is 26.1 Å². The van der Waals surface area contributed by atoms with Crippen LogP contribution in [0.4, 0.5) is 5.69 Å². The Balaban J connectivity index is 2.29. The van der Waals surface area contributed by atoms with E-state index in [0.29, 0.717) is 22.8 Å². The highest BCUT2D eigenvalue weighted by Gasteiger charge is 2.17. The molecule has 0 spiro atoms. The van der Waals surface area contributed by atoms with Gasteiger partial charge in [-0.05, 0) is 30.3 Å². The molecule has 2 rings (SSSR count). The van der Waals surface area contributed by atoms with Crippen molar-refractivity contribution in [1.29, 1.82) is 0 Å². The molecular weight excluding hydrogens is 409 g/mol. The summed E-state index contributed by atoms with van der Waals surface area (Å²) in [5.74, 6) is 1.19. The maximum atomic E-state index is 12.3. The van der Waals surface area contributed by atoms with E-state index in [1.54, 1.807) is 12.1 Å². The molecule has 0 bridgehead atoms. The summed E-state index contributed by atoms with van der Waals surface area (Å²) in [7, 11) is -3.97. The highest BCUT2D eigenvalue weighted by atomic mass is 32.2. The van der Waals surface area contributed by atoms with Crippen molar-refractivity contribution in [2.24, 2.45) is 0 Å². The zero-order valence-electron chi connectivity index (χ0n) is 15.3. The van der Waals surface area contributed by atoms with Gasteiger partial charge < -0.3 is 24.0 Å². The molecule has 2 aromatic carbocycles. The zero-order chi connectivity index (χ0) is 20.9. The summed E-state index contributed by atoms with van der Waals surface area (Å²) in [6.07, 6.45) is 1.31. The number of benzene rings is 2. The molecule has 152 valence electrons. The van der Waals surface area contributed by atoms with Gasteiger partial charge in [-0.1, -0.05) is 0 Å². The number of rotatable bonds is 8. The maximum Gasteiger partial charge on any atom is 0.356 e. The molecule has 0 aliphatic heterocycles. The zero-order valence-corrected chi connectivity index (χ0v) is 17.0. The average molecular weight is 429 g/mol. The molecule has 0 saturated heterocycles. The van der Waals surface area contributed by atoms with Crippen molar-refractivity contribution < 1.29 is 37.0 Å². The van der Waals surface area contributed by atoms with Crippen molar-refractivity contribution in [3.63, 3.8) is 0 Å². The van der Waals surface area contributed by atoms with Crippen LogP contribution in [0.15, 0.2) is 41.8 Å². The molecule has 0 atom stereocenters. The predicted molar refractivity (Wildman–Crippen MR) is 106 cm³/mol. The lowest BCUT2D eigenvalue weighted by Gasteiger charge is -2.12. The molecule has 0 aromatic heterocycles. The molecule has 0 radical (unpaired) electrons. The van der Waals surface area contributed by atoms with Crippen LogP contribution in [0.2, 0.25) is 0 Å². The fourth-order valence-corrected chi connectivity index (χ4v) is 3.66. The summed E-state index contributed by atoms with van der Waals surface area (Å²) in [5.41, 5.74) is 0.545. The highest BCUT2D eigenvalue weighted by Crippen LogP contribution is 2.35. The number of ether oxygens (including phenoxy) is 3. The Morgan fingerprint density at radius 2 is 1.50 bits per heavy atom. The smallest absolute Gasteiger partial charge is 0.356 e. The lowest BCUT2D eigenvalue weighted by molar-refractivity contribution is 0.374. The largest absolute Gasteiger partial charge is 0.496 e. The van der Waals surface area contributed by atoms with E-state index in [1.807, 2.05) is 0 Å². The SMILES string of the molecule is COc1cc(OC)c(C=CS(=O)(=O)Nc2ccc(P(=O)(O)O)cc2)c(OC)c1. The number of anilines is 1. The molecule has 0 fully saturated rings. The molecule has 3 N–H and O–H groups in total. The monoisotopic (exact) mass is 429 g/mol. The number of nitrogens with one attached hydrogen (secondary N) is 1. The summed E-state index contributed by atoms with van der Waals surface area (Å²) in [6, 6.07) is 7.99. The summed E-state index contributed by atoms with van der Waals surface area (Å²) in [4.78, 5) is 18.2. The molecular formula is C17H20NO8PS. The minimum Gasteiger partial charge on any atom is -0.496 e. The standard InChI is InChI=1S/C17H20NO8PS/c1-24-13-10-16(25-2)15(17(11-13)26-3)8-9-28(22,23)18-12-4-6-14(7-5-12)27(19,20)21/h4-11,18H,1-3H3,(H2,19,20,21). The Labute approximate surface area is 162 Å². The van der Waals surface area contributed by atoms with E-state index in [9.17, 15) is 13.0 Å². The van der Waals surface area contributed by atoms with E-state index in [0.717, 1.165) is 17.5 Å². The van der Waals surface area contributed by atoms with Crippen molar-refractivity contribution in [1.82, 2.24) is 0 Å². The molecule has 0 unspecified atom stereocenters. The highest BCUT2D eigenvalue weighted by molar-refractivity contribution is 7.95. The van der Waals surface area contributed by atoms with Gasteiger partial charge in [0.15, 0.2) is 0 Å². The van der Waals surface area contributed by atoms with Gasteiger partial charge in [-0.3, -0.25) is 9.29 Å². The van der Waals surface area contributed by atoms with Crippen molar-refractivity contribution in [2.45, 2.75) is 0 Å². The molecule has 28 heavy (non-hydrogen) atoms. The maximum absolute atomic E-state index is 12.3. The first-order valence-corrected chi connectivity index (χ1v) is 10.9. The van der Waals surface area contributed by atoms with E-state index < -0.39 is 17.6 Å². The fraction of sp³-hybridized carbons (Fsp3) is 0.176. The Kier molecular flexibility index (Phi) is 6.73. The second kappa shape index (κ2) is 8.66. The number of sulfonamides is 1. The number of hydrogen-bond donors (Lipinski definition) is 3. The Bertz CT molecular complexity index is 987. The first-order valence-electron chi connectivity index (χ1n) is 7.76. The Morgan fingerprint density at radius 3 is 1.93 bits per heavy atom. The van der Waals surface area contributed by atoms with Crippen LogP contribution in [0.3, 0.4) is 0 Å². The molecule has 0 aliphatic carbocycles. The molecule has 0 aliphatic rings. The average Bonchev–Trinajstić information content (AvgIpc) is 2.65. The van der Waals surface area contributed by atoms with E-state index in [2.05, 4.69) is 4.72 Å². The van der Waals surface area contributed by atoms with E-state index in [1.165, 1.54) is 39.5 Å². The van der Waals surface area contributed by atoms with Gasteiger partial charge in [0.1, 0.15) is 17.2 Å². The van der Waals surface area contributed by atoms with Crippen LogP contribution in [-0.4, -0.2) is 39.5 Å². The molecule has 0 saturated carbocycles. The van der Waals surface area contributed by atoms with Crippen LogP contribution < -0.4 is 24.2 Å². The van der Waals surface area contributed by atoms with Gasteiger partial charge in [0.2, 0.25) is 0 Å². The summed E-state index contributed by atoms with van der Waals surface area (Å²) < 4.78 is 53.8. The second-order valence-electron chi connectivity index (χ2n) is 5.49. The first-order chi connectivity index (χ1) is 13.1. The normalized spacial score (nSPS) is 12.0.